The second-order valence-electron chi connectivity index (χ2n) is 6.09. The topological polar surface area (TPSA) is 80.0 Å². The number of thioether (sulfide) groups is 1. The minimum Gasteiger partial charge on any atom is -0.507 e. The van der Waals surface area contributed by atoms with E-state index in [1.807, 2.05) is 0 Å². The average Bonchev–Trinajstić information content (AvgIpc) is 3.11. The first-order chi connectivity index (χ1) is 14.4. The number of halogens is 3. The molecule has 1 heterocycles. The van der Waals surface area contributed by atoms with Gasteiger partial charge in [0, 0.05) is 22.3 Å². The standard InChI is InChI=1S/C20H17BrF2N4O2S/c1-2-9-27-19(14-10-12(21)7-8-16(14)28)25-26-20(27)30-11-17(29)24-15-6-4-3-5-13(15)18(22)23/h2-8,10,18,28H,1,9,11H2,(H,24,29). The van der Waals surface area contributed by atoms with Gasteiger partial charge in [-0.1, -0.05) is 52.0 Å². The van der Waals surface area contributed by atoms with Crippen LogP contribution in [0.15, 0.2) is 64.7 Å². The quantitative estimate of drug-likeness (QED) is 0.329. The number of rotatable bonds is 8. The number of hydrogen-bond donors (Lipinski definition) is 2. The Morgan fingerprint density at radius 1 is 1.30 bits per heavy atom. The number of alkyl halides is 2. The Hall–Kier alpha value is -2.72. The molecule has 6 nitrogen and oxygen atoms in total. The van der Waals surface area contributed by atoms with Crippen LogP contribution in [0.25, 0.3) is 11.4 Å². The number of phenolic OH excluding ortho intramolecular Hbond substituents is 1. The van der Waals surface area contributed by atoms with Crippen molar-refractivity contribution in [3.8, 4) is 17.1 Å². The van der Waals surface area contributed by atoms with E-state index in [1.54, 1.807) is 28.8 Å². The first-order valence-electron chi connectivity index (χ1n) is 8.73. The van der Waals surface area contributed by atoms with Crippen LogP contribution in [0.5, 0.6) is 5.75 Å². The first-order valence-corrected chi connectivity index (χ1v) is 10.5. The summed E-state index contributed by atoms with van der Waals surface area (Å²) in [4.78, 5) is 12.3. The lowest BCUT2D eigenvalue weighted by Gasteiger charge is -2.11. The van der Waals surface area contributed by atoms with Gasteiger partial charge in [-0.3, -0.25) is 9.36 Å². The normalized spacial score (nSPS) is 10.9. The average molecular weight is 495 g/mol. The van der Waals surface area contributed by atoms with Gasteiger partial charge in [-0.25, -0.2) is 8.78 Å². The molecule has 0 spiro atoms. The van der Waals surface area contributed by atoms with E-state index in [0.717, 1.165) is 16.2 Å². The van der Waals surface area contributed by atoms with Gasteiger partial charge in [-0.2, -0.15) is 0 Å². The number of amides is 1. The maximum absolute atomic E-state index is 13.1. The molecule has 1 amide bonds. The number of allylic oxidation sites excluding steroid dienone is 1. The zero-order valence-electron chi connectivity index (χ0n) is 15.6. The summed E-state index contributed by atoms with van der Waals surface area (Å²) in [6.07, 6.45) is -1.05. The van der Waals surface area contributed by atoms with Crippen molar-refractivity contribution in [2.75, 3.05) is 11.1 Å². The maximum Gasteiger partial charge on any atom is 0.265 e. The van der Waals surface area contributed by atoms with Gasteiger partial charge in [0.2, 0.25) is 5.91 Å². The zero-order chi connectivity index (χ0) is 21.7. The third kappa shape index (κ3) is 5.06. The van der Waals surface area contributed by atoms with Gasteiger partial charge in [0.15, 0.2) is 11.0 Å². The lowest BCUT2D eigenvalue weighted by Crippen LogP contribution is -2.16. The van der Waals surface area contributed by atoms with Crippen molar-refractivity contribution >= 4 is 39.3 Å². The van der Waals surface area contributed by atoms with Crippen LogP contribution in [-0.4, -0.2) is 31.5 Å². The number of aromatic hydroxyl groups is 1. The van der Waals surface area contributed by atoms with Crippen molar-refractivity contribution in [3.05, 3.63) is 65.2 Å². The molecule has 0 saturated carbocycles. The third-order valence-electron chi connectivity index (χ3n) is 4.03. The second-order valence-corrected chi connectivity index (χ2v) is 7.95. The minimum atomic E-state index is -2.69. The monoisotopic (exact) mass is 494 g/mol. The number of aromatic nitrogens is 3. The van der Waals surface area contributed by atoms with Gasteiger partial charge in [0.05, 0.1) is 11.3 Å². The summed E-state index contributed by atoms with van der Waals surface area (Å²) >= 11 is 4.46. The van der Waals surface area contributed by atoms with Crippen molar-refractivity contribution in [3.63, 3.8) is 0 Å². The van der Waals surface area contributed by atoms with Crippen LogP contribution in [0.2, 0.25) is 0 Å². The number of nitrogens with one attached hydrogen (secondary N) is 1. The highest BCUT2D eigenvalue weighted by atomic mass is 79.9. The predicted molar refractivity (Wildman–Crippen MR) is 116 cm³/mol. The number of anilines is 1. The Morgan fingerprint density at radius 3 is 2.80 bits per heavy atom. The van der Waals surface area contributed by atoms with E-state index in [0.29, 0.717) is 23.1 Å². The highest BCUT2D eigenvalue weighted by Crippen LogP contribution is 2.33. The molecular weight excluding hydrogens is 478 g/mol. The number of benzene rings is 2. The van der Waals surface area contributed by atoms with E-state index in [9.17, 15) is 18.7 Å². The molecule has 0 unspecified atom stereocenters. The van der Waals surface area contributed by atoms with Crippen molar-refractivity contribution < 1.29 is 18.7 Å². The van der Waals surface area contributed by atoms with Crippen molar-refractivity contribution in [1.29, 1.82) is 0 Å². The van der Waals surface area contributed by atoms with Gasteiger partial charge in [-0.05, 0) is 24.3 Å². The van der Waals surface area contributed by atoms with Crippen LogP contribution in [-0.2, 0) is 11.3 Å². The van der Waals surface area contributed by atoms with Gasteiger partial charge in [-0.15, -0.1) is 16.8 Å². The van der Waals surface area contributed by atoms with E-state index in [2.05, 4.69) is 38.0 Å². The Balaban J connectivity index is 1.77. The SMILES string of the molecule is C=CCn1c(SCC(=O)Nc2ccccc2C(F)F)nnc1-c1cc(Br)ccc1O. The zero-order valence-corrected chi connectivity index (χ0v) is 18.0. The fourth-order valence-corrected chi connectivity index (χ4v) is 3.80. The molecule has 0 aliphatic rings. The Morgan fingerprint density at radius 2 is 2.07 bits per heavy atom. The highest BCUT2D eigenvalue weighted by molar-refractivity contribution is 9.10. The van der Waals surface area contributed by atoms with E-state index in [4.69, 9.17) is 0 Å². The molecule has 2 aromatic carbocycles. The van der Waals surface area contributed by atoms with Crippen LogP contribution in [0.4, 0.5) is 14.5 Å². The van der Waals surface area contributed by atoms with Crippen molar-refractivity contribution in [2.24, 2.45) is 0 Å². The lowest BCUT2D eigenvalue weighted by atomic mass is 10.2. The minimum absolute atomic E-state index is 0.0359. The summed E-state index contributed by atoms with van der Waals surface area (Å²) in [7, 11) is 0. The molecule has 3 aromatic rings. The predicted octanol–water partition coefficient (Wildman–Crippen LogP) is 5.27. The van der Waals surface area contributed by atoms with Crippen LogP contribution in [0.1, 0.15) is 12.0 Å². The molecule has 1 aromatic heterocycles. The number of para-hydroxylation sites is 1. The summed E-state index contributed by atoms with van der Waals surface area (Å²) in [6.45, 7) is 4.07. The van der Waals surface area contributed by atoms with Gasteiger partial charge in [0.25, 0.3) is 6.43 Å². The fourth-order valence-electron chi connectivity index (χ4n) is 2.69. The summed E-state index contributed by atoms with van der Waals surface area (Å²) in [5, 5.41) is 21.4. The number of phenols is 1. The molecule has 0 saturated heterocycles. The molecule has 3 rings (SSSR count). The van der Waals surface area contributed by atoms with Gasteiger partial charge < -0.3 is 10.4 Å². The smallest absolute Gasteiger partial charge is 0.265 e. The summed E-state index contributed by atoms with van der Waals surface area (Å²) in [6, 6.07) is 10.7. The van der Waals surface area contributed by atoms with Crippen LogP contribution >= 0.6 is 27.7 Å². The van der Waals surface area contributed by atoms with Crippen molar-refractivity contribution in [2.45, 2.75) is 18.1 Å². The van der Waals surface area contributed by atoms with Crippen LogP contribution in [0, 0.1) is 0 Å². The van der Waals surface area contributed by atoms with Crippen LogP contribution < -0.4 is 5.32 Å². The Labute approximate surface area is 184 Å². The Bertz CT molecular complexity index is 1070. The molecule has 10 heteroatoms. The third-order valence-corrected chi connectivity index (χ3v) is 5.49. The van der Waals surface area contributed by atoms with E-state index < -0.39 is 12.3 Å². The molecule has 0 fully saturated rings. The molecule has 0 radical (unpaired) electrons. The fraction of sp³-hybridized carbons (Fsp3) is 0.150. The van der Waals surface area contributed by atoms with E-state index in [-0.39, 0.29) is 22.8 Å². The molecule has 2 N–H and O–H groups in total. The molecule has 0 bridgehead atoms. The molecule has 156 valence electrons. The number of carbonyl (C=O) groups is 1. The summed E-state index contributed by atoms with van der Waals surface area (Å²) < 4.78 is 28.6. The van der Waals surface area contributed by atoms with Gasteiger partial charge >= 0.3 is 0 Å². The second kappa shape index (κ2) is 9.86. The van der Waals surface area contributed by atoms with Crippen molar-refractivity contribution in [1.82, 2.24) is 14.8 Å². The molecular formula is C20H17BrF2N4O2S. The van der Waals surface area contributed by atoms with Crippen LogP contribution in [0.3, 0.4) is 0 Å². The molecule has 30 heavy (non-hydrogen) atoms. The molecule has 0 aliphatic carbocycles. The summed E-state index contributed by atoms with van der Waals surface area (Å²) in [5.41, 5.74) is 0.310. The first kappa shape index (κ1) is 22.0. The lowest BCUT2D eigenvalue weighted by molar-refractivity contribution is -0.113. The highest BCUT2D eigenvalue weighted by Gasteiger charge is 2.19. The number of nitrogens with zero attached hydrogens (tertiary/aromatic N) is 3. The maximum atomic E-state index is 13.1. The summed E-state index contributed by atoms with van der Waals surface area (Å²) in [5.74, 6) is -0.0568. The van der Waals surface area contributed by atoms with Gasteiger partial charge in [0.1, 0.15) is 5.75 Å². The van der Waals surface area contributed by atoms with E-state index >= 15 is 0 Å². The molecule has 0 atom stereocenters. The number of carbonyl (C=O) groups excluding carboxylic acids is 1. The van der Waals surface area contributed by atoms with E-state index in [1.165, 1.54) is 24.3 Å². The number of hydrogen-bond acceptors (Lipinski definition) is 5. The largest absolute Gasteiger partial charge is 0.507 e. The molecule has 0 aliphatic heterocycles. The Kier molecular flexibility index (Phi) is 7.22.